The molecule has 0 aromatic heterocycles. The zero-order valence-corrected chi connectivity index (χ0v) is 10.6. The molecule has 1 atom stereocenters. The largest absolute Gasteiger partial charge is 0.492 e. The Hall–Kier alpha value is -1.11. The first-order chi connectivity index (χ1) is 8.01. The van der Waals surface area contributed by atoms with Crippen LogP contribution in [0, 0.1) is 0 Å². The maximum absolute atomic E-state index is 11.0. The van der Waals surface area contributed by atoms with Crippen LogP contribution >= 0.6 is 0 Å². The molecule has 5 nitrogen and oxygen atoms in total. The van der Waals surface area contributed by atoms with Crippen molar-refractivity contribution in [2.24, 2.45) is 5.84 Å². The second-order valence-corrected chi connectivity index (χ2v) is 6.17. The molecule has 0 spiro atoms. The molecular weight excluding hydrogens is 240 g/mol. The van der Waals surface area contributed by atoms with E-state index in [9.17, 15) is 8.42 Å². The predicted octanol–water partition coefficient (Wildman–Crippen LogP) is 0.332. The molecule has 0 bridgehead atoms. The average Bonchev–Trinajstić information content (AvgIpc) is 2.29. The van der Waals surface area contributed by atoms with E-state index in [1.165, 1.54) is 6.26 Å². The van der Waals surface area contributed by atoms with Gasteiger partial charge in [-0.2, -0.15) is 0 Å². The van der Waals surface area contributed by atoms with Crippen LogP contribution in [0.4, 0.5) is 0 Å². The van der Waals surface area contributed by atoms with Crippen molar-refractivity contribution in [1.29, 1.82) is 0 Å². The summed E-state index contributed by atoms with van der Waals surface area (Å²) in [6, 6.07) is 9.14. The topological polar surface area (TPSA) is 81.4 Å². The van der Waals surface area contributed by atoms with Crippen LogP contribution in [0.2, 0.25) is 0 Å². The Labute approximate surface area is 102 Å². The summed E-state index contributed by atoms with van der Waals surface area (Å²) in [5.74, 6) is 6.18. The molecule has 17 heavy (non-hydrogen) atoms. The minimum atomic E-state index is -2.96. The minimum Gasteiger partial charge on any atom is -0.492 e. The Morgan fingerprint density at radius 1 is 1.35 bits per heavy atom. The first-order valence-corrected chi connectivity index (χ1v) is 7.39. The second kappa shape index (κ2) is 6.58. The Morgan fingerprint density at radius 3 is 2.53 bits per heavy atom. The highest BCUT2D eigenvalue weighted by Gasteiger charge is 2.11. The van der Waals surface area contributed by atoms with Gasteiger partial charge in [0.05, 0.1) is 11.8 Å². The number of hydrazine groups is 1. The van der Waals surface area contributed by atoms with Gasteiger partial charge in [-0.25, -0.2) is 8.42 Å². The number of ether oxygens (including phenoxy) is 1. The molecule has 96 valence electrons. The lowest BCUT2D eigenvalue weighted by Crippen LogP contribution is -2.40. The molecule has 0 saturated carbocycles. The summed E-state index contributed by atoms with van der Waals surface area (Å²) in [4.78, 5) is 0. The molecule has 0 saturated heterocycles. The Morgan fingerprint density at radius 2 is 2.00 bits per heavy atom. The van der Waals surface area contributed by atoms with Crippen LogP contribution in [0.3, 0.4) is 0 Å². The van der Waals surface area contributed by atoms with Crippen molar-refractivity contribution < 1.29 is 13.2 Å². The highest BCUT2D eigenvalue weighted by Crippen LogP contribution is 2.09. The van der Waals surface area contributed by atoms with Crippen LogP contribution < -0.4 is 16.0 Å². The van der Waals surface area contributed by atoms with Gasteiger partial charge in [0.2, 0.25) is 0 Å². The first-order valence-electron chi connectivity index (χ1n) is 5.33. The van der Waals surface area contributed by atoms with Crippen molar-refractivity contribution in [3.05, 3.63) is 30.3 Å². The third-order valence-electron chi connectivity index (χ3n) is 2.27. The number of hydrogen-bond donors (Lipinski definition) is 2. The molecule has 0 heterocycles. The number of para-hydroxylation sites is 1. The molecule has 0 amide bonds. The van der Waals surface area contributed by atoms with E-state index < -0.39 is 9.84 Å². The molecule has 0 aliphatic heterocycles. The number of rotatable bonds is 7. The van der Waals surface area contributed by atoms with Crippen molar-refractivity contribution in [1.82, 2.24) is 5.43 Å². The van der Waals surface area contributed by atoms with Gasteiger partial charge in [-0.05, 0) is 18.6 Å². The van der Waals surface area contributed by atoms with Crippen molar-refractivity contribution in [2.75, 3.05) is 18.6 Å². The molecule has 1 unspecified atom stereocenters. The van der Waals surface area contributed by atoms with Crippen molar-refractivity contribution in [3.63, 3.8) is 0 Å². The fraction of sp³-hybridized carbons (Fsp3) is 0.455. The minimum absolute atomic E-state index is 0.0972. The molecule has 1 aromatic carbocycles. The van der Waals surface area contributed by atoms with Gasteiger partial charge in [-0.15, -0.1) is 0 Å². The fourth-order valence-corrected chi connectivity index (χ4v) is 2.00. The number of benzene rings is 1. The normalized spacial score (nSPS) is 13.3. The van der Waals surface area contributed by atoms with Gasteiger partial charge in [-0.3, -0.25) is 11.3 Å². The third kappa shape index (κ3) is 6.25. The molecule has 3 N–H and O–H groups in total. The van der Waals surface area contributed by atoms with Crippen LogP contribution in [0.25, 0.3) is 0 Å². The zero-order valence-electron chi connectivity index (χ0n) is 9.80. The van der Waals surface area contributed by atoms with Gasteiger partial charge < -0.3 is 4.74 Å². The summed E-state index contributed by atoms with van der Waals surface area (Å²) in [6.45, 7) is 0.343. The lowest BCUT2D eigenvalue weighted by Gasteiger charge is -2.16. The molecule has 0 radical (unpaired) electrons. The molecule has 0 fully saturated rings. The van der Waals surface area contributed by atoms with Gasteiger partial charge in [0.1, 0.15) is 22.2 Å². The van der Waals surface area contributed by atoms with E-state index in [1.54, 1.807) is 0 Å². The van der Waals surface area contributed by atoms with Gasteiger partial charge in [0, 0.05) is 6.26 Å². The van der Waals surface area contributed by atoms with E-state index in [4.69, 9.17) is 10.6 Å². The summed E-state index contributed by atoms with van der Waals surface area (Å²) in [6.07, 6.45) is 1.64. The Bertz CT molecular complexity index is 420. The van der Waals surface area contributed by atoms with Crippen molar-refractivity contribution >= 4 is 9.84 Å². The van der Waals surface area contributed by atoms with E-state index in [-0.39, 0.29) is 11.8 Å². The van der Waals surface area contributed by atoms with Gasteiger partial charge in [-0.1, -0.05) is 18.2 Å². The lowest BCUT2D eigenvalue weighted by atomic mass is 10.2. The molecule has 1 rings (SSSR count). The van der Waals surface area contributed by atoms with Gasteiger partial charge in [0.15, 0.2) is 0 Å². The number of hydrogen-bond acceptors (Lipinski definition) is 5. The highest BCUT2D eigenvalue weighted by molar-refractivity contribution is 7.90. The lowest BCUT2D eigenvalue weighted by molar-refractivity contribution is 0.262. The third-order valence-corrected chi connectivity index (χ3v) is 3.24. The Kier molecular flexibility index (Phi) is 5.40. The molecule has 0 aliphatic rings. The second-order valence-electron chi connectivity index (χ2n) is 3.91. The SMILES string of the molecule is CS(=O)(=O)CCC(COc1ccccc1)NN. The van der Waals surface area contributed by atoms with E-state index >= 15 is 0 Å². The summed E-state index contributed by atoms with van der Waals surface area (Å²) in [5, 5.41) is 0. The number of nitrogens with two attached hydrogens (primary N) is 1. The molecule has 0 aliphatic carbocycles. The van der Waals surface area contributed by atoms with E-state index in [1.807, 2.05) is 30.3 Å². The summed E-state index contributed by atoms with van der Waals surface area (Å²) in [7, 11) is -2.96. The van der Waals surface area contributed by atoms with Crippen LogP contribution in [0.15, 0.2) is 30.3 Å². The van der Waals surface area contributed by atoms with Gasteiger partial charge in [0.25, 0.3) is 0 Å². The van der Waals surface area contributed by atoms with Crippen LogP contribution in [-0.2, 0) is 9.84 Å². The van der Waals surface area contributed by atoms with E-state index in [0.717, 1.165) is 5.75 Å². The summed E-state index contributed by atoms with van der Waals surface area (Å²) in [5.41, 5.74) is 2.56. The molecule has 6 heteroatoms. The van der Waals surface area contributed by atoms with Crippen LogP contribution in [-0.4, -0.2) is 33.1 Å². The fourth-order valence-electron chi connectivity index (χ4n) is 1.28. The van der Waals surface area contributed by atoms with Crippen LogP contribution in [0.1, 0.15) is 6.42 Å². The van der Waals surface area contributed by atoms with E-state index in [2.05, 4.69) is 5.43 Å². The van der Waals surface area contributed by atoms with Crippen molar-refractivity contribution in [3.8, 4) is 5.75 Å². The summed E-state index contributed by atoms with van der Waals surface area (Å²) >= 11 is 0. The molecule has 1 aromatic rings. The zero-order chi connectivity index (χ0) is 12.7. The van der Waals surface area contributed by atoms with Crippen molar-refractivity contribution in [2.45, 2.75) is 12.5 Å². The Balaban J connectivity index is 2.38. The first kappa shape index (κ1) is 14.0. The average molecular weight is 258 g/mol. The standard InChI is InChI=1S/C11H18N2O3S/c1-17(14,15)8-7-10(13-12)9-16-11-5-3-2-4-6-11/h2-6,10,13H,7-9,12H2,1H3. The maximum atomic E-state index is 11.0. The number of sulfone groups is 1. The highest BCUT2D eigenvalue weighted by atomic mass is 32.2. The predicted molar refractivity (Wildman–Crippen MR) is 67.4 cm³/mol. The maximum Gasteiger partial charge on any atom is 0.147 e. The summed E-state index contributed by atoms with van der Waals surface area (Å²) < 4.78 is 27.5. The smallest absolute Gasteiger partial charge is 0.147 e. The van der Waals surface area contributed by atoms with Crippen LogP contribution in [0.5, 0.6) is 5.75 Å². The van der Waals surface area contributed by atoms with Gasteiger partial charge >= 0.3 is 0 Å². The molecular formula is C11H18N2O3S. The monoisotopic (exact) mass is 258 g/mol. The number of nitrogens with one attached hydrogen (secondary N) is 1. The van der Waals surface area contributed by atoms with E-state index in [0.29, 0.717) is 13.0 Å². The quantitative estimate of drug-likeness (QED) is 0.544.